The molecule has 1 aromatic carbocycles. The lowest BCUT2D eigenvalue weighted by molar-refractivity contribution is 0.0950. The van der Waals surface area contributed by atoms with Gasteiger partial charge in [0, 0.05) is 28.4 Å². The number of carbonyl (C=O) groups excluding carboxylic acids is 1. The van der Waals surface area contributed by atoms with E-state index in [1.165, 1.54) is 0 Å². The molecule has 2 heterocycles. The number of benzene rings is 1. The lowest BCUT2D eigenvalue weighted by atomic mass is 10.0. The van der Waals surface area contributed by atoms with Crippen molar-refractivity contribution >= 4 is 17.5 Å². The molecule has 0 atom stereocenters. The van der Waals surface area contributed by atoms with Gasteiger partial charge in [0.2, 0.25) is 0 Å². The van der Waals surface area contributed by atoms with E-state index in [9.17, 15) is 9.59 Å². The summed E-state index contributed by atoms with van der Waals surface area (Å²) in [7, 11) is 0. The van der Waals surface area contributed by atoms with Crippen molar-refractivity contribution in [2.45, 2.75) is 41.2 Å². The fourth-order valence-electron chi connectivity index (χ4n) is 3.31. The highest BCUT2D eigenvalue weighted by Crippen LogP contribution is 2.25. The van der Waals surface area contributed by atoms with Crippen molar-refractivity contribution in [3.8, 4) is 5.69 Å². The molecule has 2 N–H and O–H groups in total. The van der Waals surface area contributed by atoms with Gasteiger partial charge < -0.3 is 10.3 Å². The third kappa shape index (κ3) is 3.71. The maximum atomic E-state index is 12.8. The minimum atomic E-state index is -0.302. The Kier molecular flexibility index (Phi) is 5.38. The van der Waals surface area contributed by atoms with Gasteiger partial charge in [0.1, 0.15) is 11.6 Å². The van der Waals surface area contributed by atoms with Crippen LogP contribution in [0.4, 0.5) is 0 Å². The van der Waals surface area contributed by atoms with E-state index < -0.39 is 0 Å². The van der Waals surface area contributed by atoms with E-state index in [2.05, 4.69) is 20.5 Å². The van der Waals surface area contributed by atoms with Crippen LogP contribution in [0.2, 0.25) is 5.02 Å². The van der Waals surface area contributed by atoms with Gasteiger partial charge in [-0.1, -0.05) is 11.6 Å². The number of aryl methyl sites for hydroxylation is 4. The second kappa shape index (κ2) is 7.59. The number of aromatic nitrogens is 4. The van der Waals surface area contributed by atoms with Crippen LogP contribution >= 0.6 is 11.6 Å². The van der Waals surface area contributed by atoms with Crippen LogP contribution in [0.3, 0.4) is 0 Å². The van der Waals surface area contributed by atoms with E-state index in [4.69, 9.17) is 11.6 Å². The summed E-state index contributed by atoms with van der Waals surface area (Å²) >= 11 is 6.28. The van der Waals surface area contributed by atoms with Gasteiger partial charge in [0.25, 0.3) is 11.5 Å². The van der Waals surface area contributed by atoms with E-state index in [1.807, 2.05) is 45.3 Å². The van der Waals surface area contributed by atoms with Gasteiger partial charge in [-0.05, 0) is 63.9 Å². The predicted octanol–water partition coefficient (Wildman–Crippen LogP) is 3.08. The van der Waals surface area contributed by atoms with Crippen LogP contribution in [0, 0.1) is 34.6 Å². The topological polar surface area (TPSA) is 92.7 Å². The largest absolute Gasteiger partial charge is 0.348 e. The summed E-state index contributed by atoms with van der Waals surface area (Å²) in [5, 5.41) is 11.4. The van der Waals surface area contributed by atoms with Crippen LogP contribution in [0.25, 0.3) is 5.69 Å². The van der Waals surface area contributed by atoms with Gasteiger partial charge in [-0.2, -0.15) is 0 Å². The van der Waals surface area contributed by atoms with Crippen molar-refractivity contribution < 1.29 is 4.79 Å². The number of nitrogens with zero attached hydrogens (tertiary/aromatic N) is 3. The molecule has 0 spiro atoms. The second-order valence-corrected chi connectivity index (χ2v) is 7.29. The molecular weight excluding hydrogens is 378 g/mol. The molecule has 0 unspecified atom stereocenters. The number of aromatic amines is 1. The first kappa shape index (κ1) is 19.8. The van der Waals surface area contributed by atoms with E-state index in [0.717, 1.165) is 22.5 Å². The Morgan fingerprint density at radius 2 is 1.75 bits per heavy atom. The molecule has 0 saturated heterocycles. The average Bonchev–Trinajstić information content (AvgIpc) is 2.94. The van der Waals surface area contributed by atoms with Crippen LogP contribution in [-0.2, 0) is 6.54 Å². The Hall–Kier alpha value is -2.93. The van der Waals surface area contributed by atoms with Crippen LogP contribution in [0.15, 0.2) is 23.0 Å². The maximum Gasteiger partial charge on any atom is 0.253 e. The first-order chi connectivity index (χ1) is 13.2. The lowest BCUT2D eigenvalue weighted by Gasteiger charge is -2.15. The lowest BCUT2D eigenvalue weighted by Crippen LogP contribution is -2.28. The Labute approximate surface area is 167 Å². The Balaban J connectivity index is 1.94. The highest BCUT2D eigenvalue weighted by atomic mass is 35.5. The third-order valence-corrected chi connectivity index (χ3v) is 4.95. The zero-order chi connectivity index (χ0) is 20.6. The molecule has 28 heavy (non-hydrogen) atoms. The molecule has 0 fully saturated rings. The average molecular weight is 400 g/mol. The number of halogens is 1. The Morgan fingerprint density at radius 3 is 2.36 bits per heavy atom. The summed E-state index contributed by atoms with van der Waals surface area (Å²) in [5.74, 6) is 1.11. The molecule has 3 aromatic rings. The molecule has 0 aliphatic heterocycles. The fraction of sp³-hybridized carbons (Fsp3) is 0.300. The molecule has 0 saturated carbocycles. The standard InChI is InChI=1S/C20H22ClN5O2/c1-10-6-11(2)23-20(28)17(10)9-22-19(27)16-7-15(21)8-18(12(16)3)26-13(4)24-25-14(26)5/h6-8H,9H2,1-5H3,(H,22,27)(H,23,28). The number of pyridine rings is 1. The molecule has 0 aliphatic rings. The van der Waals surface area contributed by atoms with Gasteiger partial charge in [-0.3, -0.25) is 14.2 Å². The summed E-state index contributed by atoms with van der Waals surface area (Å²) in [6, 6.07) is 5.28. The van der Waals surface area contributed by atoms with Crippen molar-refractivity contribution in [2.24, 2.45) is 0 Å². The minimum Gasteiger partial charge on any atom is -0.348 e. The van der Waals surface area contributed by atoms with Gasteiger partial charge in [0.15, 0.2) is 0 Å². The molecule has 1 amide bonds. The number of amides is 1. The molecule has 0 radical (unpaired) electrons. The summed E-state index contributed by atoms with van der Waals surface area (Å²) < 4.78 is 1.85. The molecule has 146 valence electrons. The molecule has 2 aromatic heterocycles. The normalized spacial score (nSPS) is 10.9. The van der Waals surface area contributed by atoms with Crippen molar-refractivity contribution in [3.63, 3.8) is 0 Å². The van der Waals surface area contributed by atoms with Crippen LogP contribution in [0.1, 0.15) is 44.4 Å². The predicted molar refractivity (Wildman–Crippen MR) is 108 cm³/mol. The Morgan fingerprint density at radius 1 is 1.11 bits per heavy atom. The summed E-state index contributed by atoms with van der Waals surface area (Å²) in [4.78, 5) is 27.8. The van der Waals surface area contributed by atoms with Gasteiger partial charge in [0.05, 0.1) is 5.69 Å². The van der Waals surface area contributed by atoms with Crippen LogP contribution in [-0.4, -0.2) is 25.7 Å². The summed E-state index contributed by atoms with van der Waals surface area (Å²) in [5.41, 5.74) is 3.90. The molecular formula is C20H22ClN5O2. The zero-order valence-corrected chi connectivity index (χ0v) is 17.2. The number of H-pyrrole nitrogens is 1. The van der Waals surface area contributed by atoms with Gasteiger partial charge >= 0.3 is 0 Å². The first-order valence-electron chi connectivity index (χ1n) is 8.85. The Bertz CT molecular complexity index is 1110. The fourth-order valence-corrected chi connectivity index (χ4v) is 3.53. The van der Waals surface area contributed by atoms with Crippen molar-refractivity contribution in [3.05, 3.63) is 73.2 Å². The van der Waals surface area contributed by atoms with Crippen molar-refractivity contribution in [1.29, 1.82) is 0 Å². The second-order valence-electron chi connectivity index (χ2n) is 6.85. The third-order valence-electron chi connectivity index (χ3n) is 4.74. The zero-order valence-electron chi connectivity index (χ0n) is 16.5. The van der Waals surface area contributed by atoms with Crippen molar-refractivity contribution in [1.82, 2.24) is 25.1 Å². The molecule has 0 aliphatic carbocycles. The van der Waals surface area contributed by atoms with Gasteiger partial charge in [-0.25, -0.2) is 0 Å². The van der Waals surface area contributed by atoms with Crippen molar-refractivity contribution in [2.75, 3.05) is 0 Å². The SMILES string of the molecule is Cc1cc(C)c(CNC(=O)c2cc(Cl)cc(-n3c(C)nnc3C)c2C)c(=O)[nH]1. The molecule has 3 rings (SSSR count). The minimum absolute atomic E-state index is 0.131. The van der Waals surface area contributed by atoms with Gasteiger partial charge in [-0.15, -0.1) is 10.2 Å². The van der Waals surface area contributed by atoms with E-state index in [-0.39, 0.29) is 18.0 Å². The number of nitrogens with one attached hydrogen (secondary N) is 2. The number of carbonyl (C=O) groups is 1. The summed E-state index contributed by atoms with van der Waals surface area (Å²) in [6.07, 6.45) is 0. The highest BCUT2D eigenvalue weighted by molar-refractivity contribution is 6.31. The molecule has 0 bridgehead atoms. The quantitative estimate of drug-likeness (QED) is 0.705. The summed E-state index contributed by atoms with van der Waals surface area (Å²) in [6.45, 7) is 9.33. The molecule has 7 nitrogen and oxygen atoms in total. The first-order valence-corrected chi connectivity index (χ1v) is 9.23. The highest BCUT2D eigenvalue weighted by Gasteiger charge is 2.18. The van der Waals surface area contributed by atoms with Crippen LogP contribution in [0.5, 0.6) is 0 Å². The number of hydrogen-bond donors (Lipinski definition) is 2. The number of hydrogen-bond acceptors (Lipinski definition) is 4. The van der Waals surface area contributed by atoms with E-state index >= 15 is 0 Å². The molecule has 8 heteroatoms. The van der Waals surface area contributed by atoms with Crippen LogP contribution < -0.4 is 10.9 Å². The monoisotopic (exact) mass is 399 g/mol. The van der Waals surface area contributed by atoms with E-state index in [0.29, 0.717) is 27.8 Å². The number of rotatable bonds is 4. The maximum absolute atomic E-state index is 12.8. The smallest absolute Gasteiger partial charge is 0.253 e. The van der Waals surface area contributed by atoms with E-state index in [1.54, 1.807) is 12.1 Å².